The number of nitrogens with one attached hydrogen (secondary N) is 1. The van der Waals surface area contributed by atoms with Gasteiger partial charge in [-0.2, -0.15) is 0 Å². The average molecular weight is 336 g/mol. The summed E-state index contributed by atoms with van der Waals surface area (Å²) in [5.41, 5.74) is 2.99. The van der Waals surface area contributed by atoms with Gasteiger partial charge in [-0.1, -0.05) is 24.3 Å². The van der Waals surface area contributed by atoms with Crippen LogP contribution >= 0.6 is 0 Å². The number of hydrogen-bond acceptors (Lipinski definition) is 3. The quantitative estimate of drug-likeness (QED) is 0.913. The number of nitrogens with zero attached hydrogens (tertiary/aromatic N) is 3. The first-order chi connectivity index (χ1) is 12.3. The van der Waals surface area contributed by atoms with Gasteiger partial charge in [-0.3, -0.25) is 4.79 Å². The van der Waals surface area contributed by atoms with E-state index in [2.05, 4.69) is 44.3 Å². The highest BCUT2D eigenvalue weighted by molar-refractivity contribution is 5.84. The van der Waals surface area contributed by atoms with Crippen LogP contribution in [0.15, 0.2) is 30.6 Å². The summed E-state index contributed by atoms with van der Waals surface area (Å²) in [5, 5.41) is 11.4. The smallest absolute Gasteiger partial charge is 0.224 e. The lowest BCUT2D eigenvalue weighted by Crippen LogP contribution is -2.31. The van der Waals surface area contributed by atoms with Gasteiger partial charge in [0, 0.05) is 30.3 Å². The van der Waals surface area contributed by atoms with Crippen molar-refractivity contribution in [3.05, 3.63) is 47.5 Å². The standard InChI is InChI=1S/C20H24N4O/c25-19(21-11-9-18-23-22-13-24(18)15-7-8-15)17-12-20(17)10-3-5-14-4-1-2-6-16(14)20/h1-2,4,6,13,15,17H,3,5,7-12H2,(H,21,25)/t17-,20-/m0/s1. The molecule has 5 rings (SSSR count). The van der Waals surface area contributed by atoms with Gasteiger partial charge >= 0.3 is 0 Å². The van der Waals surface area contributed by atoms with Crippen LogP contribution in [0.5, 0.6) is 0 Å². The normalized spacial score (nSPS) is 27.1. The van der Waals surface area contributed by atoms with Crippen LogP contribution in [0.4, 0.5) is 0 Å². The van der Waals surface area contributed by atoms with Crippen LogP contribution in [-0.4, -0.2) is 27.2 Å². The second-order valence-corrected chi connectivity index (χ2v) is 7.85. The molecule has 2 saturated carbocycles. The van der Waals surface area contributed by atoms with Crippen molar-refractivity contribution in [2.75, 3.05) is 6.54 Å². The predicted octanol–water partition coefficient (Wildman–Crippen LogP) is 2.57. The van der Waals surface area contributed by atoms with Gasteiger partial charge in [0.1, 0.15) is 12.2 Å². The van der Waals surface area contributed by atoms with Crippen LogP contribution in [-0.2, 0) is 23.1 Å². The first-order valence-electron chi connectivity index (χ1n) is 9.52. The minimum atomic E-state index is 0.118. The maximum atomic E-state index is 12.7. The molecule has 0 radical (unpaired) electrons. The molecule has 1 aromatic carbocycles. The molecule has 1 heterocycles. The van der Waals surface area contributed by atoms with Crippen LogP contribution in [0.1, 0.15) is 55.1 Å². The summed E-state index contributed by atoms with van der Waals surface area (Å²) in [6, 6.07) is 9.29. The number of fused-ring (bicyclic) bond motifs is 2. The zero-order valence-electron chi connectivity index (χ0n) is 14.4. The molecule has 130 valence electrons. The third kappa shape index (κ3) is 2.57. The molecule has 1 spiro atoms. The van der Waals surface area contributed by atoms with Crippen molar-refractivity contribution in [3.63, 3.8) is 0 Å². The van der Waals surface area contributed by atoms with E-state index >= 15 is 0 Å². The largest absolute Gasteiger partial charge is 0.355 e. The molecule has 2 fully saturated rings. The summed E-state index contributed by atoms with van der Waals surface area (Å²) in [6.07, 6.45) is 9.55. The van der Waals surface area contributed by atoms with E-state index in [1.165, 1.54) is 30.4 Å². The van der Waals surface area contributed by atoms with E-state index < -0.39 is 0 Å². The molecule has 5 nitrogen and oxygen atoms in total. The highest BCUT2D eigenvalue weighted by Gasteiger charge is 2.59. The highest BCUT2D eigenvalue weighted by atomic mass is 16.2. The Kier molecular flexibility index (Phi) is 3.43. The summed E-state index contributed by atoms with van der Waals surface area (Å²) < 4.78 is 2.17. The highest BCUT2D eigenvalue weighted by Crippen LogP contribution is 2.60. The molecule has 3 aliphatic carbocycles. The van der Waals surface area contributed by atoms with E-state index in [-0.39, 0.29) is 17.2 Å². The molecule has 2 atom stereocenters. The van der Waals surface area contributed by atoms with Gasteiger partial charge < -0.3 is 9.88 Å². The van der Waals surface area contributed by atoms with E-state index in [0.29, 0.717) is 12.6 Å². The Labute approximate surface area is 147 Å². The van der Waals surface area contributed by atoms with E-state index in [1.54, 1.807) is 0 Å². The summed E-state index contributed by atoms with van der Waals surface area (Å²) in [5.74, 6) is 1.36. The number of carbonyl (C=O) groups excluding carboxylic acids is 1. The maximum absolute atomic E-state index is 12.7. The molecule has 0 bridgehead atoms. The number of carbonyl (C=O) groups is 1. The molecule has 5 heteroatoms. The van der Waals surface area contributed by atoms with Crippen molar-refractivity contribution in [1.29, 1.82) is 0 Å². The van der Waals surface area contributed by atoms with Crippen LogP contribution in [0.2, 0.25) is 0 Å². The molecule has 0 aliphatic heterocycles. The Morgan fingerprint density at radius 2 is 2.20 bits per heavy atom. The lowest BCUT2D eigenvalue weighted by molar-refractivity contribution is -0.122. The summed E-state index contributed by atoms with van der Waals surface area (Å²) >= 11 is 0. The fraction of sp³-hybridized carbons (Fsp3) is 0.550. The average Bonchev–Trinajstić information content (AvgIpc) is 3.55. The van der Waals surface area contributed by atoms with Crippen LogP contribution in [0.25, 0.3) is 0 Å². The fourth-order valence-electron chi connectivity index (χ4n) is 4.70. The second-order valence-electron chi connectivity index (χ2n) is 7.85. The third-order valence-electron chi connectivity index (χ3n) is 6.25. The number of aryl methyl sites for hydroxylation is 1. The molecule has 1 amide bonds. The monoisotopic (exact) mass is 336 g/mol. The van der Waals surface area contributed by atoms with Crippen molar-refractivity contribution in [2.24, 2.45) is 5.92 Å². The molecule has 2 aromatic rings. The number of benzene rings is 1. The number of aromatic nitrogens is 3. The zero-order chi connectivity index (χ0) is 16.9. The van der Waals surface area contributed by atoms with Gasteiger partial charge in [-0.25, -0.2) is 0 Å². The van der Waals surface area contributed by atoms with E-state index in [9.17, 15) is 4.79 Å². The molecular weight excluding hydrogens is 312 g/mol. The third-order valence-corrected chi connectivity index (χ3v) is 6.25. The van der Waals surface area contributed by atoms with Crippen molar-refractivity contribution in [1.82, 2.24) is 20.1 Å². The first kappa shape index (κ1) is 15.1. The molecule has 1 aromatic heterocycles. The van der Waals surface area contributed by atoms with Crippen LogP contribution < -0.4 is 5.32 Å². The van der Waals surface area contributed by atoms with Gasteiger partial charge in [0.15, 0.2) is 0 Å². The Hall–Kier alpha value is -2.17. The Morgan fingerprint density at radius 1 is 1.32 bits per heavy atom. The van der Waals surface area contributed by atoms with E-state index in [1.807, 2.05) is 6.33 Å². The predicted molar refractivity (Wildman–Crippen MR) is 94.2 cm³/mol. The minimum absolute atomic E-state index is 0.118. The Balaban J connectivity index is 1.21. The van der Waals surface area contributed by atoms with Crippen molar-refractivity contribution in [3.8, 4) is 0 Å². The van der Waals surface area contributed by atoms with E-state index in [0.717, 1.165) is 31.5 Å². The van der Waals surface area contributed by atoms with Crippen LogP contribution in [0.3, 0.4) is 0 Å². The Morgan fingerprint density at radius 3 is 3.08 bits per heavy atom. The lowest BCUT2D eigenvalue weighted by atomic mass is 9.78. The molecule has 1 N–H and O–H groups in total. The van der Waals surface area contributed by atoms with Crippen molar-refractivity contribution < 1.29 is 4.79 Å². The number of rotatable bonds is 5. The zero-order valence-corrected chi connectivity index (χ0v) is 14.4. The van der Waals surface area contributed by atoms with Gasteiger partial charge in [0.2, 0.25) is 5.91 Å². The molecule has 0 saturated heterocycles. The van der Waals surface area contributed by atoms with Crippen molar-refractivity contribution >= 4 is 5.91 Å². The Bertz CT molecular complexity index is 810. The van der Waals surface area contributed by atoms with Gasteiger partial charge in [-0.05, 0) is 49.7 Å². The number of hydrogen-bond donors (Lipinski definition) is 1. The fourth-order valence-corrected chi connectivity index (χ4v) is 4.70. The molecule has 25 heavy (non-hydrogen) atoms. The summed E-state index contributed by atoms with van der Waals surface area (Å²) in [7, 11) is 0. The summed E-state index contributed by atoms with van der Waals surface area (Å²) in [6.45, 7) is 0.651. The minimum Gasteiger partial charge on any atom is -0.355 e. The number of amides is 1. The van der Waals surface area contributed by atoms with Gasteiger partial charge in [-0.15, -0.1) is 10.2 Å². The molecular formula is C20H24N4O. The molecule has 3 aliphatic rings. The van der Waals surface area contributed by atoms with Crippen LogP contribution in [0, 0.1) is 5.92 Å². The summed E-state index contributed by atoms with van der Waals surface area (Å²) in [4.78, 5) is 12.7. The molecule has 0 unspecified atom stereocenters. The topological polar surface area (TPSA) is 59.8 Å². The van der Waals surface area contributed by atoms with Gasteiger partial charge in [0.25, 0.3) is 0 Å². The van der Waals surface area contributed by atoms with Gasteiger partial charge in [0.05, 0.1) is 0 Å². The lowest BCUT2D eigenvalue weighted by Gasteiger charge is -2.26. The SMILES string of the molecule is O=C(NCCc1nncn1C1CC1)[C@@H]1C[C@]12CCCc1ccccc12. The second kappa shape index (κ2) is 5.68. The van der Waals surface area contributed by atoms with Crippen molar-refractivity contribution in [2.45, 2.75) is 56.4 Å². The van der Waals surface area contributed by atoms with E-state index in [4.69, 9.17) is 0 Å². The first-order valence-corrected chi connectivity index (χ1v) is 9.52. The maximum Gasteiger partial charge on any atom is 0.224 e.